The van der Waals surface area contributed by atoms with Crippen molar-refractivity contribution in [2.75, 3.05) is 19.7 Å². The minimum Gasteiger partial charge on any atom is -0.481 e. The van der Waals surface area contributed by atoms with Crippen LogP contribution in [0.5, 0.6) is 0 Å². The Morgan fingerprint density at radius 1 is 1.45 bits per heavy atom. The number of amides is 1. The molecule has 0 unspecified atom stereocenters. The summed E-state index contributed by atoms with van der Waals surface area (Å²) >= 11 is 0. The average molecular weight is 281 g/mol. The van der Waals surface area contributed by atoms with Crippen LogP contribution in [0.3, 0.4) is 0 Å². The van der Waals surface area contributed by atoms with Crippen LogP contribution < -0.4 is 0 Å². The van der Waals surface area contributed by atoms with Gasteiger partial charge in [-0.2, -0.15) is 0 Å². The Labute approximate surface area is 117 Å². The number of carbonyl (C=O) groups is 2. The van der Waals surface area contributed by atoms with E-state index in [1.165, 1.54) is 6.26 Å². The normalized spacial score (nSPS) is 16.4. The van der Waals surface area contributed by atoms with Crippen LogP contribution in [0.15, 0.2) is 16.7 Å². The summed E-state index contributed by atoms with van der Waals surface area (Å²) in [7, 11) is 0. The molecule has 2 rings (SSSR count). The van der Waals surface area contributed by atoms with E-state index < -0.39 is 5.97 Å². The monoisotopic (exact) mass is 281 g/mol. The van der Waals surface area contributed by atoms with Gasteiger partial charge in [-0.25, -0.2) is 0 Å². The number of carboxylic acid groups (broad SMARTS) is 1. The van der Waals surface area contributed by atoms with Gasteiger partial charge in [-0.3, -0.25) is 9.59 Å². The molecule has 2 heterocycles. The van der Waals surface area contributed by atoms with E-state index in [9.17, 15) is 9.59 Å². The number of aliphatic carboxylic acids is 1. The molecule has 6 heteroatoms. The molecule has 1 aliphatic heterocycles. The van der Waals surface area contributed by atoms with Crippen LogP contribution in [-0.2, 0) is 9.53 Å². The number of nitrogens with zero attached hydrogens (tertiary/aromatic N) is 1. The van der Waals surface area contributed by atoms with Gasteiger partial charge in [0.25, 0.3) is 5.91 Å². The number of ether oxygens (including phenoxy) is 1. The van der Waals surface area contributed by atoms with Crippen LogP contribution in [0.4, 0.5) is 0 Å². The summed E-state index contributed by atoms with van der Waals surface area (Å²) in [6.07, 6.45) is 3.06. The molecule has 110 valence electrons. The molecule has 1 saturated heterocycles. The highest BCUT2D eigenvalue weighted by Crippen LogP contribution is 2.18. The van der Waals surface area contributed by atoms with Gasteiger partial charge in [0.05, 0.1) is 31.0 Å². The van der Waals surface area contributed by atoms with Crippen molar-refractivity contribution in [2.24, 2.45) is 0 Å². The SMILES string of the molecule is Cc1occc1C(=O)N1CCC(OCCC(=O)O)CC1. The predicted octanol–water partition coefficient (Wildman–Crippen LogP) is 1.68. The van der Waals surface area contributed by atoms with Gasteiger partial charge in [0.2, 0.25) is 0 Å². The Morgan fingerprint density at radius 3 is 2.70 bits per heavy atom. The van der Waals surface area contributed by atoms with E-state index in [1.54, 1.807) is 17.9 Å². The number of aryl methyl sites for hydroxylation is 1. The first-order valence-corrected chi connectivity index (χ1v) is 6.74. The zero-order valence-electron chi connectivity index (χ0n) is 11.5. The smallest absolute Gasteiger partial charge is 0.305 e. The maximum atomic E-state index is 12.2. The first-order valence-electron chi connectivity index (χ1n) is 6.74. The third kappa shape index (κ3) is 3.60. The van der Waals surface area contributed by atoms with Crippen LogP contribution in [0.1, 0.15) is 35.4 Å². The standard InChI is InChI=1S/C14H19NO5/c1-10-12(4-8-19-10)14(18)15-6-2-11(3-7-15)20-9-5-13(16)17/h4,8,11H,2-3,5-7,9H2,1H3,(H,16,17). The van der Waals surface area contributed by atoms with Gasteiger partial charge < -0.3 is 19.2 Å². The molecule has 1 N–H and O–H groups in total. The molecular formula is C14H19NO5. The lowest BCUT2D eigenvalue weighted by molar-refractivity contribution is -0.138. The minimum atomic E-state index is -0.854. The van der Waals surface area contributed by atoms with Crippen LogP contribution in [-0.4, -0.2) is 47.7 Å². The van der Waals surface area contributed by atoms with E-state index in [1.807, 2.05) is 0 Å². The number of furan rings is 1. The molecule has 0 atom stereocenters. The van der Waals surface area contributed by atoms with Crippen LogP contribution in [0.2, 0.25) is 0 Å². The molecular weight excluding hydrogens is 262 g/mol. The van der Waals surface area contributed by atoms with Gasteiger partial charge in [0, 0.05) is 13.1 Å². The van der Waals surface area contributed by atoms with Crippen LogP contribution in [0.25, 0.3) is 0 Å². The molecule has 0 aromatic carbocycles. The summed E-state index contributed by atoms with van der Waals surface area (Å²) in [6.45, 7) is 3.26. The number of rotatable bonds is 5. The number of likely N-dealkylation sites (tertiary alicyclic amines) is 1. The molecule has 0 saturated carbocycles. The van der Waals surface area contributed by atoms with Crippen LogP contribution in [0, 0.1) is 6.92 Å². The molecule has 1 aliphatic rings. The van der Waals surface area contributed by atoms with Crippen molar-refractivity contribution in [3.8, 4) is 0 Å². The fourth-order valence-electron chi connectivity index (χ4n) is 2.32. The summed E-state index contributed by atoms with van der Waals surface area (Å²) in [5.74, 6) is -0.233. The van der Waals surface area contributed by atoms with E-state index in [-0.39, 0.29) is 25.0 Å². The lowest BCUT2D eigenvalue weighted by Crippen LogP contribution is -2.41. The fraction of sp³-hybridized carbons (Fsp3) is 0.571. The fourth-order valence-corrected chi connectivity index (χ4v) is 2.32. The molecule has 0 bridgehead atoms. The van der Waals surface area contributed by atoms with Gasteiger partial charge in [0.15, 0.2) is 0 Å². The Bertz CT molecular complexity index is 474. The Kier molecular flexibility index (Phi) is 4.79. The Hall–Kier alpha value is -1.82. The highest BCUT2D eigenvalue weighted by Gasteiger charge is 2.25. The summed E-state index contributed by atoms with van der Waals surface area (Å²) in [5, 5.41) is 8.55. The molecule has 1 fully saturated rings. The van der Waals surface area contributed by atoms with Crippen molar-refractivity contribution >= 4 is 11.9 Å². The lowest BCUT2D eigenvalue weighted by atomic mass is 10.1. The maximum absolute atomic E-state index is 12.2. The highest BCUT2D eigenvalue weighted by atomic mass is 16.5. The zero-order chi connectivity index (χ0) is 14.5. The highest BCUT2D eigenvalue weighted by molar-refractivity contribution is 5.95. The van der Waals surface area contributed by atoms with Crippen molar-refractivity contribution in [3.05, 3.63) is 23.7 Å². The maximum Gasteiger partial charge on any atom is 0.305 e. The summed E-state index contributed by atoms with van der Waals surface area (Å²) in [4.78, 5) is 24.4. The van der Waals surface area contributed by atoms with E-state index in [4.69, 9.17) is 14.3 Å². The quantitative estimate of drug-likeness (QED) is 0.888. The van der Waals surface area contributed by atoms with Gasteiger partial charge >= 0.3 is 5.97 Å². The van der Waals surface area contributed by atoms with Crippen molar-refractivity contribution in [2.45, 2.75) is 32.3 Å². The van der Waals surface area contributed by atoms with Crippen molar-refractivity contribution in [1.29, 1.82) is 0 Å². The van der Waals surface area contributed by atoms with E-state index >= 15 is 0 Å². The van der Waals surface area contributed by atoms with Crippen LogP contribution >= 0.6 is 0 Å². The van der Waals surface area contributed by atoms with Crippen molar-refractivity contribution in [3.63, 3.8) is 0 Å². The zero-order valence-corrected chi connectivity index (χ0v) is 11.5. The van der Waals surface area contributed by atoms with Gasteiger partial charge in [-0.1, -0.05) is 0 Å². The number of hydrogen-bond acceptors (Lipinski definition) is 4. The predicted molar refractivity (Wildman–Crippen MR) is 70.6 cm³/mol. The van der Waals surface area contributed by atoms with Gasteiger partial charge in [-0.05, 0) is 25.8 Å². The van der Waals surface area contributed by atoms with Crippen molar-refractivity contribution < 1.29 is 23.8 Å². The molecule has 20 heavy (non-hydrogen) atoms. The lowest BCUT2D eigenvalue weighted by Gasteiger charge is -2.31. The molecule has 0 spiro atoms. The third-order valence-corrected chi connectivity index (χ3v) is 3.49. The molecule has 1 amide bonds. The number of hydrogen-bond donors (Lipinski definition) is 1. The van der Waals surface area contributed by atoms with Crippen molar-refractivity contribution in [1.82, 2.24) is 4.90 Å². The number of carboxylic acids is 1. The second kappa shape index (κ2) is 6.56. The summed E-state index contributed by atoms with van der Waals surface area (Å²) in [6, 6.07) is 1.69. The minimum absolute atomic E-state index is 0.0137. The molecule has 0 aliphatic carbocycles. The molecule has 1 aromatic heterocycles. The second-order valence-electron chi connectivity index (χ2n) is 4.90. The summed E-state index contributed by atoms with van der Waals surface area (Å²) in [5.41, 5.74) is 0.607. The molecule has 6 nitrogen and oxygen atoms in total. The number of piperidine rings is 1. The van der Waals surface area contributed by atoms with E-state index in [2.05, 4.69) is 0 Å². The second-order valence-corrected chi connectivity index (χ2v) is 4.90. The first-order chi connectivity index (χ1) is 9.58. The topological polar surface area (TPSA) is 80.0 Å². The number of carbonyl (C=O) groups excluding carboxylic acids is 1. The molecule has 0 radical (unpaired) electrons. The van der Waals surface area contributed by atoms with E-state index in [0.717, 1.165) is 12.8 Å². The molecule has 1 aromatic rings. The Balaban J connectivity index is 1.78. The van der Waals surface area contributed by atoms with E-state index in [0.29, 0.717) is 24.4 Å². The average Bonchev–Trinajstić information content (AvgIpc) is 2.84. The third-order valence-electron chi connectivity index (χ3n) is 3.49. The first kappa shape index (κ1) is 14.6. The summed E-state index contributed by atoms with van der Waals surface area (Å²) < 4.78 is 10.6. The van der Waals surface area contributed by atoms with Gasteiger partial charge in [0.1, 0.15) is 5.76 Å². The largest absolute Gasteiger partial charge is 0.481 e. The van der Waals surface area contributed by atoms with Gasteiger partial charge in [-0.15, -0.1) is 0 Å². The Morgan fingerprint density at radius 2 is 2.15 bits per heavy atom.